The minimum atomic E-state index is 0.0138. The standard InChI is InChI=1S/C23H26N2O3/c1-17-8-6-9-18(2)23(17)27-15-14-24-21(26)12-7-13-22-25-16-20(28-22)19-10-4-3-5-11-19/h3-6,8-11,16H,7,12-15H2,1-2H3,(H,24,26). The first-order valence-corrected chi connectivity index (χ1v) is 9.59. The molecule has 5 heteroatoms. The molecule has 5 nitrogen and oxygen atoms in total. The van der Waals surface area contributed by atoms with Crippen LogP contribution in [0.15, 0.2) is 59.1 Å². The van der Waals surface area contributed by atoms with Crippen molar-refractivity contribution in [3.63, 3.8) is 0 Å². The van der Waals surface area contributed by atoms with Gasteiger partial charge in [-0.2, -0.15) is 0 Å². The number of aromatic nitrogens is 1. The first-order chi connectivity index (χ1) is 13.6. The first-order valence-electron chi connectivity index (χ1n) is 9.59. The summed E-state index contributed by atoms with van der Waals surface area (Å²) in [6, 6.07) is 15.9. The van der Waals surface area contributed by atoms with E-state index in [9.17, 15) is 4.79 Å². The lowest BCUT2D eigenvalue weighted by atomic mass is 10.1. The summed E-state index contributed by atoms with van der Waals surface area (Å²) in [6.07, 6.45) is 3.50. The number of amides is 1. The second-order valence-electron chi connectivity index (χ2n) is 6.76. The average Bonchev–Trinajstić information content (AvgIpc) is 3.17. The van der Waals surface area contributed by atoms with E-state index in [4.69, 9.17) is 9.15 Å². The van der Waals surface area contributed by atoms with Crippen molar-refractivity contribution < 1.29 is 13.9 Å². The number of ether oxygens (including phenoxy) is 1. The molecule has 1 amide bonds. The van der Waals surface area contributed by atoms with Crippen molar-refractivity contribution in [2.24, 2.45) is 0 Å². The molecule has 0 aliphatic rings. The highest BCUT2D eigenvalue weighted by Crippen LogP contribution is 2.22. The molecule has 0 saturated carbocycles. The van der Waals surface area contributed by atoms with Crippen molar-refractivity contribution in [1.82, 2.24) is 10.3 Å². The third-order valence-electron chi connectivity index (χ3n) is 4.49. The Morgan fingerprint density at radius 1 is 1.07 bits per heavy atom. The number of carbonyl (C=O) groups is 1. The van der Waals surface area contributed by atoms with Crippen LogP contribution in [-0.4, -0.2) is 24.0 Å². The zero-order chi connectivity index (χ0) is 19.8. The van der Waals surface area contributed by atoms with Crippen LogP contribution in [0.2, 0.25) is 0 Å². The highest BCUT2D eigenvalue weighted by Gasteiger charge is 2.08. The molecule has 146 valence electrons. The number of hydrogen-bond donors (Lipinski definition) is 1. The molecule has 2 aromatic carbocycles. The number of hydrogen-bond acceptors (Lipinski definition) is 4. The molecule has 0 atom stereocenters. The van der Waals surface area contributed by atoms with Gasteiger partial charge in [0.2, 0.25) is 5.91 Å². The maximum absolute atomic E-state index is 12.0. The number of carbonyl (C=O) groups excluding carboxylic acids is 1. The molecule has 0 fully saturated rings. The number of oxazole rings is 1. The molecule has 0 saturated heterocycles. The molecular weight excluding hydrogens is 352 g/mol. The molecule has 0 aliphatic heterocycles. The Labute approximate surface area is 165 Å². The van der Waals surface area contributed by atoms with E-state index < -0.39 is 0 Å². The highest BCUT2D eigenvalue weighted by molar-refractivity contribution is 5.75. The van der Waals surface area contributed by atoms with E-state index in [0.29, 0.717) is 38.3 Å². The van der Waals surface area contributed by atoms with Crippen LogP contribution < -0.4 is 10.1 Å². The Morgan fingerprint density at radius 2 is 1.82 bits per heavy atom. The fourth-order valence-electron chi connectivity index (χ4n) is 3.02. The van der Waals surface area contributed by atoms with Gasteiger partial charge in [0.05, 0.1) is 12.7 Å². The second-order valence-corrected chi connectivity index (χ2v) is 6.76. The van der Waals surface area contributed by atoms with Gasteiger partial charge in [-0.25, -0.2) is 4.98 Å². The van der Waals surface area contributed by atoms with Gasteiger partial charge in [0, 0.05) is 18.4 Å². The molecule has 0 bridgehead atoms. The number of rotatable bonds is 9. The van der Waals surface area contributed by atoms with Crippen molar-refractivity contribution in [1.29, 1.82) is 0 Å². The van der Waals surface area contributed by atoms with E-state index in [-0.39, 0.29) is 5.91 Å². The third kappa shape index (κ3) is 5.46. The maximum Gasteiger partial charge on any atom is 0.220 e. The smallest absolute Gasteiger partial charge is 0.220 e. The monoisotopic (exact) mass is 378 g/mol. The van der Waals surface area contributed by atoms with Gasteiger partial charge in [-0.05, 0) is 31.4 Å². The van der Waals surface area contributed by atoms with Crippen LogP contribution in [0.25, 0.3) is 11.3 Å². The normalized spacial score (nSPS) is 10.6. The van der Waals surface area contributed by atoms with Gasteiger partial charge in [-0.1, -0.05) is 48.5 Å². The molecule has 0 radical (unpaired) electrons. The van der Waals surface area contributed by atoms with E-state index in [2.05, 4.69) is 10.3 Å². The predicted octanol–water partition coefficient (Wildman–Crippen LogP) is 4.48. The zero-order valence-corrected chi connectivity index (χ0v) is 16.4. The molecule has 0 aliphatic carbocycles. The third-order valence-corrected chi connectivity index (χ3v) is 4.49. The number of nitrogens with zero attached hydrogens (tertiary/aromatic N) is 1. The van der Waals surface area contributed by atoms with E-state index in [1.165, 1.54) is 0 Å². The Morgan fingerprint density at radius 3 is 2.57 bits per heavy atom. The average molecular weight is 378 g/mol. The summed E-state index contributed by atoms with van der Waals surface area (Å²) in [5.41, 5.74) is 3.21. The SMILES string of the molecule is Cc1cccc(C)c1OCCNC(=O)CCCc1ncc(-c2ccccc2)o1. The molecular formula is C23H26N2O3. The van der Waals surface area contributed by atoms with E-state index in [0.717, 1.165) is 28.2 Å². The largest absolute Gasteiger partial charge is 0.491 e. The van der Waals surface area contributed by atoms with Crippen LogP contribution in [0.3, 0.4) is 0 Å². The molecule has 0 unspecified atom stereocenters. The maximum atomic E-state index is 12.0. The summed E-state index contributed by atoms with van der Waals surface area (Å²) in [7, 11) is 0. The Kier molecular flexibility index (Phi) is 6.84. The van der Waals surface area contributed by atoms with Gasteiger partial charge in [0.25, 0.3) is 0 Å². The topological polar surface area (TPSA) is 64.4 Å². The summed E-state index contributed by atoms with van der Waals surface area (Å²) in [5, 5.41) is 2.89. The highest BCUT2D eigenvalue weighted by atomic mass is 16.5. The number of benzene rings is 2. The van der Waals surface area contributed by atoms with Gasteiger partial charge in [-0.15, -0.1) is 0 Å². The van der Waals surface area contributed by atoms with Gasteiger partial charge < -0.3 is 14.5 Å². The van der Waals surface area contributed by atoms with Gasteiger partial charge in [-0.3, -0.25) is 4.79 Å². The van der Waals surface area contributed by atoms with Crippen LogP contribution in [0.1, 0.15) is 29.9 Å². The number of para-hydroxylation sites is 1. The lowest BCUT2D eigenvalue weighted by molar-refractivity contribution is -0.121. The fourth-order valence-corrected chi connectivity index (χ4v) is 3.02. The van der Waals surface area contributed by atoms with Crippen molar-refractivity contribution in [3.05, 3.63) is 71.7 Å². The summed E-state index contributed by atoms with van der Waals surface area (Å²) in [6.45, 7) is 4.99. The van der Waals surface area contributed by atoms with E-state index in [1.807, 2.05) is 62.4 Å². The fraction of sp³-hybridized carbons (Fsp3) is 0.304. The molecule has 1 N–H and O–H groups in total. The molecule has 1 heterocycles. The molecule has 3 rings (SSSR count). The Balaban J connectivity index is 1.34. The van der Waals surface area contributed by atoms with Crippen molar-refractivity contribution >= 4 is 5.91 Å². The zero-order valence-electron chi connectivity index (χ0n) is 16.4. The second kappa shape index (κ2) is 9.74. The molecule has 1 aromatic heterocycles. The minimum absolute atomic E-state index is 0.0138. The molecule has 28 heavy (non-hydrogen) atoms. The summed E-state index contributed by atoms with van der Waals surface area (Å²) in [5.74, 6) is 2.32. The van der Waals surface area contributed by atoms with Crippen LogP contribution in [0, 0.1) is 13.8 Å². The van der Waals surface area contributed by atoms with Crippen LogP contribution in [0.5, 0.6) is 5.75 Å². The molecule has 3 aromatic rings. The number of nitrogens with one attached hydrogen (secondary N) is 1. The quantitative estimate of drug-likeness (QED) is 0.558. The minimum Gasteiger partial charge on any atom is -0.491 e. The van der Waals surface area contributed by atoms with Gasteiger partial charge >= 0.3 is 0 Å². The van der Waals surface area contributed by atoms with Gasteiger partial charge in [0.1, 0.15) is 12.4 Å². The Bertz CT molecular complexity index is 883. The molecule has 0 spiro atoms. The lowest BCUT2D eigenvalue weighted by Gasteiger charge is -2.12. The summed E-state index contributed by atoms with van der Waals surface area (Å²) < 4.78 is 11.6. The van der Waals surface area contributed by atoms with Crippen molar-refractivity contribution in [2.45, 2.75) is 33.1 Å². The lowest BCUT2D eigenvalue weighted by Crippen LogP contribution is -2.28. The Hall–Kier alpha value is -3.08. The predicted molar refractivity (Wildman–Crippen MR) is 109 cm³/mol. The summed E-state index contributed by atoms with van der Waals surface area (Å²) in [4.78, 5) is 16.3. The van der Waals surface area contributed by atoms with E-state index in [1.54, 1.807) is 6.20 Å². The van der Waals surface area contributed by atoms with Crippen LogP contribution >= 0.6 is 0 Å². The van der Waals surface area contributed by atoms with Crippen LogP contribution in [-0.2, 0) is 11.2 Å². The van der Waals surface area contributed by atoms with Gasteiger partial charge in [0.15, 0.2) is 11.7 Å². The first kappa shape index (κ1) is 19.7. The van der Waals surface area contributed by atoms with E-state index >= 15 is 0 Å². The summed E-state index contributed by atoms with van der Waals surface area (Å²) >= 11 is 0. The van der Waals surface area contributed by atoms with Crippen molar-refractivity contribution in [3.8, 4) is 17.1 Å². The van der Waals surface area contributed by atoms with Crippen molar-refractivity contribution in [2.75, 3.05) is 13.2 Å². The number of aryl methyl sites for hydroxylation is 3. The van der Waals surface area contributed by atoms with Crippen LogP contribution in [0.4, 0.5) is 0 Å².